The van der Waals surface area contributed by atoms with E-state index in [1.54, 1.807) is 0 Å². The van der Waals surface area contributed by atoms with Gasteiger partial charge in [-0.1, -0.05) is 26.2 Å². The summed E-state index contributed by atoms with van der Waals surface area (Å²) in [6, 6.07) is 0. The Hall–Kier alpha value is -0.530. The smallest absolute Gasteiger partial charge is 0.238 e. The molecule has 0 aliphatic heterocycles. The lowest BCUT2D eigenvalue weighted by molar-refractivity contribution is -0.118. The molecule has 0 atom stereocenters. The van der Waals surface area contributed by atoms with Gasteiger partial charge < -0.3 is 0 Å². The molecule has 0 aliphatic rings. The predicted molar refractivity (Wildman–Crippen MR) is 36.9 cm³/mol. The third kappa shape index (κ3) is 7.47. The monoisotopic (exact) mass is 128 g/mol. The number of hydrogen-bond donors (Lipinski definition) is 0. The third-order valence-corrected chi connectivity index (χ3v) is 1.26. The van der Waals surface area contributed by atoms with Crippen LogP contribution in [0.2, 0.25) is 0 Å². The number of hydrogen-bond acceptors (Lipinski definition) is 1. The van der Waals surface area contributed by atoms with Crippen LogP contribution in [0.15, 0.2) is 0 Å². The van der Waals surface area contributed by atoms with Crippen molar-refractivity contribution in [1.82, 2.24) is 5.73 Å². The van der Waals surface area contributed by atoms with Gasteiger partial charge in [0.2, 0.25) is 5.91 Å². The molecule has 2 nitrogen and oxygen atoms in total. The van der Waals surface area contributed by atoms with Crippen molar-refractivity contribution in [3.63, 3.8) is 0 Å². The second-order valence-electron chi connectivity index (χ2n) is 2.23. The lowest BCUT2D eigenvalue weighted by Gasteiger charge is -1.92. The standard InChI is InChI=1S/C7H14NO/c1-2-3-4-5-6-7(8)9/h8H,2-6H2,1H3. The Morgan fingerprint density at radius 3 is 2.44 bits per heavy atom. The van der Waals surface area contributed by atoms with Gasteiger partial charge in [0.05, 0.1) is 0 Å². The second kappa shape index (κ2) is 5.60. The average molecular weight is 128 g/mol. The van der Waals surface area contributed by atoms with E-state index in [4.69, 9.17) is 5.73 Å². The van der Waals surface area contributed by atoms with Crippen LogP contribution in [0.5, 0.6) is 0 Å². The van der Waals surface area contributed by atoms with E-state index in [0.717, 1.165) is 12.8 Å². The molecule has 1 amide bonds. The maximum absolute atomic E-state index is 10.1. The molecule has 2 heteroatoms. The van der Waals surface area contributed by atoms with E-state index in [0.29, 0.717) is 6.42 Å². The molecule has 0 saturated carbocycles. The van der Waals surface area contributed by atoms with E-state index in [2.05, 4.69) is 6.92 Å². The van der Waals surface area contributed by atoms with E-state index in [1.165, 1.54) is 12.8 Å². The highest BCUT2D eigenvalue weighted by Gasteiger charge is 1.92. The van der Waals surface area contributed by atoms with Crippen LogP contribution in [-0.4, -0.2) is 5.91 Å². The van der Waals surface area contributed by atoms with E-state index < -0.39 is 5.91 Å². The molecule has 0 unspecified atom stereocenters. The van der Waals surface area contributed by atoms with Gasteiger partial charge >= 0.3 is 0 Å². The molecular weight excluding hydrogens is 114 g/mol. The number of rotatable bonds is 5. The average Bonchev–Trinajstić information content (AvgIpc) is 1.80. The summed E-state index contributed by atoms with van der Waals surface area (Å²) in [6.07, 6.45) is 4.82. The first-order valence-electron chi connectivity index (χ1n) is 3.51. The van der Waals surface area contributed by atoms with Crippen LogP contribution in [0, 0.1) is 0 Å². The molecule has 0 aromatic rings. The van der Waals surface area contributed by atoms with E-state index in [9.17, 15) is 4.79 Å². The van der Waals surface area contributed by atoms with Crippen molar-refractivity contribution in [2.75, 3.05) is 0 Å². The van der Waals surface area contributed by atoms with Gasteiger partial charge in [0.1, 0.15) is 0 Å². The number of carbonyl (C=O) groups excluding carboxylic acids is 1. The van der Waals surface area contributed by atoms with Crippen LogP contribution in [0.25, 0.3) is 0 Å². The summed E-state index contributed by atoms with van der Waals surface area (Å²) in [5.74, 6) is -0.425. The van der Waals surface area contributed by atoms with Crippen LogP contribution in [0.1, 0.15) is 39.0 Å². The molecule has 9 heavy (non-hydrogen) atoms. The van der Waals surface area contributed by atoms with Gasteiger partial charge in [-0.05, 0) is 6.42 Å². The SMILES string of the molecule is CCCCCCC([NH])=O. The zero-order valence-corrected chi connectivity index (χ0v) is 5.94. The van der Waals surface area contributed by atoms with Crippen molar-refractivity contribution in [2.24, 2.45) is 0 Å². The first-order valence-corrected chi connectivity index (χ1v) is 3.51. The summed E-state index contributed by atoms with van der Waals surface area (Å²) in [7, 11) is 0. The van der Waals surface area contributed by atoms with Crippen molar-refractivity contribution in [3.8, 4) is 0 Å². The Labute approximate surface area is 56.4 Å². The Balaban J connectivity index is 2.83. The zero-order chi connectivity index (χ0) is 7.11. The van der Waals surface area contributed by atoms with E-state index in [-0.39, 0.29) is 0 Å². The zero-order valence-electron chi connectivity index (χ0n) is 5.94. The van der Waals surface area contributed by atoms with Crippen LogP contribution < -0.4 is 5.73 Å². The fourth-order valence-corrected chi connectivity index (χ4v) is 0.712. The van der Waals surface area contributed by atoms with Gasteiger partial charge in [0.25, 0.3) is 0 Å². The fourth-order valence-electron chi connectivity index (χ4n) is 0.712. The number of nitrogens with one attached hydrogen (secondary N) is 1. The molecular formula is C7H14NO. The maximum Gasteiger partial charge on any atom is 0.238 e. The molecule has 0 saturated heterocycles. The Kier molecular flexibility index (Phi) is 5.27. The first-order chi connectivity index (χ1) is 4.27. The highest BCUT2D eigenvalue weighted by atomic mass is 16.1. The van der Waals surface area contributed by atoms with Gasteiger partial charge in [0, 0.05) is 6.42 Å². The molecule has 0 aromatic heterocycles. The van der Waals surface area contributed by atoms with Crippen LogP contribution in [-0.2, 0) is 4.79 Å². The first kappa shape index (κ1) is 8.47. The Morgan fingerprint density at radius 1 is 1.33 bits per heavy atom. The summed E-state index contributed by atoms with van der Waals surface area (Å²) >= 11 is 0. The van der Waals surface area contributed by atoms with Crippen LogP contribution >= 0.6 is 0 Å². The second-order valence-corrected chi connectivity index (χ2v) is 2.23. The summed E-state index contributed by atoms with van der Waals surface area (Å²) < 4.78 is 0. The Morgan fingerprint density at radius 2 is 2.00 bits per heavy atom. The van der Waals surface area contributed by atoms with Crippen LogP contribution in [0.3, 0.4) is 0 Å². The van der Waals surface area contributed by atoms with Gasteiger partial charge in [-0.25, -0.2) is 0 Å². The number of unbranched alkanes of at least 4 members (excludes halogenated alkanes) is 3. The van der Waals surface area contributed by atoms with Crippen molar-refractivity contribution >= 4 is 5.91 Å². The molecule has 0 rings (SSSR count). The molecule has 0 fully saturated rings. The fraction of sp³-hybridized carbons (Fsp3) is 0.857. The maximum atomic E-state index is 10.1. The predicted octanol–water partition coefficient (Wildman–Crippen LogP) is 1.77. The van der Waals surface area contributed by atoms with Crippen molar-refractivity contribution < 1.29 is 4.79 Å². The van der Waals surface area contributed by atoms with E-state index >= 15 is 0 Å². The molecule has 0 spiro atoms. The minimum atomic E-state index is -0.425. The summed E-state index contributed by atoms with van der Waals surface area (Å²) in [5.41, 5.74) is 6.57. The summed E-state index contributed by atoms with van der Waals surface area (Å²) in [6.45, 7) is 2.13. The molecule has 53 valence electrons. The van der Waals surface area contributed by atoms with Gasteiger partial charge in [-0.15, -0.1) is 0 Å². The molecule has 0 heterocycles. The lowest BCUT2D eigenvalue weighted by Crippen LogP contribution is -1.95. The normalized spacial score (nSPS) is 9.44. The number of carbonyl (C=O) groups is 1. The van der Waals surface area contributed by atoms with Crippen LogP contribution in [0.4, 0.5) is 0 Å². The van der Waals surface area contributed by atoms with Crippen molar-refractivity contribution in [3.05, 3.63) is 0 Å². The lowest BCUT2D eigenvalue weighted by atomic mass is 10.1. The van der Waals surface area contributed by atoms with Crippen molar-refractivity contribution in [2.45, 2.75) is 39.0 Å². The topological polar surface area (TPSA) is 40.9 Å². The summed E-state index contributed by atoms with van der Waals surface area (Å²) in [4.78, 5) is 10.1. The molecule has 1 radical (unpaired) electrons. The highest BCUT2D eigenvalue weighted by Crippen LogP contribution is 2.01. The Bertz CT molecular complexity index is 81.0. The largest absolute Gasteiger partial charge is 0.273 e. The van der Waals surface area contributed by atoms with E-state index in [1.807, 2.05) is 0 Å². The molecule has 0 aliphatic carbocycles. The summed E-state index contributed by atoms with van der Waals surface area (Å²) in [5, 5.41) is 0. The minimum Gasteiger partial charge on any atom is -0.273 e. The van der Waals surface area contributed by atoms with Gasteiger partial charge in [-0.3, -0.25) is 10.5 Å². The quantitative estimate of drug-likeness (QED) is 0.520. The molecule has 0 bridgehead atoms. The van der Waals surface area contributed by atoms with Gasteiger partial charge in [-0.2, -0.15) is 0 Å². The molecule has 0 aromatic carbocycles. The van der Waals surface area contributed by atoms with Crippen molar-refractivity contribution in [1.29, 1.82) is 0 Å². The third-order valence-electron chi connectivity index (χ3n) is 1.26. The number of amides is 1. The van der Waals surface area contributed by atoms with Gasteiger partial charge in [0.15, 0.2) is 0 Å². The highest BCUT2D eigenvalue weighted by molar-refractivity contribution is 5.72. The minimum absolute atomic E-state index is 0.425. The molecule has 1 N–H and O–H groups in total.